The second kappa shape index (κ2) is 4.50. The van der Waals surface area contributed by atoms with Gasteiger partial charge in [-0.05, 0) is 18.6 Å². The van der Waals surface area contributed by atoms with E-state index in [1.807, 2.05) is 6.08 Å². The van der Waals surface area contributed by atoms with E-state index in [9.17, 15) is 0 Å². The molecular weight excluding hydrogens is 132 g/mol. The zero-order valence-electron chi connectivity index (χ0n) is 5.89. The lowest BCUT2D eigenvalue weighted by Crippen LogP contribution is -2.09. The van der Waals surface area contributed by atoms with E-state index >= 15 is 0 Å². The Morgan fingerprint density at radius 3 is 2.56 bits per heavy atom. The predicted octanol–water partition coefficient (Wildman–Crippen LogP) is 2.17. The molecule has 0 bridgehead atoms. The monoisotopic (exact) mass is 144 g/mol. The van der Waals surface area contributed by atoms with Gasteiger partial charge in [-0.15, -0.1) is 6.58 Å². The van der Waals surface area contributed by atoms with Crippen molar-refractivity contribution >= 4 is 17.3 Å². The molecule has 0 aromatic carbocycles. The van der Waals surface area contributed by atoms with E-state index in [4.69, 9.17) is 17.0 Å². The summed E-state index contributed by atoms with van der Waals surface area (Å²) in [5, 5.41) is 0.632. The van der Waals surface area contributed by atoms with Crippen LogP contribution in [-0.4, -0.2) is 12.2 Å². The van der Waals surface area contributed by atoms with Crippen molar-refractivity contribution in [2.24, 2.45) is 5.92 Å². The zero-order valence-corrected chi connectivity index (χ0v) is 6.70. The van der Waals surface area contributed by atoms with Gasteiger partial charge in [0, 0.05) is 5.92 Å². The first-order valence-corrected chi connectivity index (χ1v) is 3.37. The van der Waals surface area contributed by atoms with Gasteiger partial charge in [-0.25, -0.2) is 0 Å². The van der Waals surface area contributed by atoms with Crippen molar-refractivity contribution in [2.45, 2.75) is 13.3 Å². The molecule has 0 heterocycles. The minimum absolute atomic E-state index is 0.241. The van der Waals surface area contributed by atoms with Gasteiger partial charge < -0.3 is 4.74 Å². The molecule has 2 heteroatoms. The van der Waals surface area contributed by atoms with Gasteiger partial charge in [-0.1, -0.05) is 13.0 Å². The van der Waals surface area contributed by atoms with E-state index in [1.54, 1.807) is 7.11 Å². The minimum atomic E-state index is 0.241. The molecule has 0 fully saturated rings. The molecule has 0 aliphatic heterocycles. The average molecular weight is 144 g/mol. The normalized spacial score (nSPS) is 12.2. The summed E-state index contributed by atoms with van der Waals surface area (Å²) < 4.78 is 4.85. The van der Waals surface area contributed by atoms with Gasteiger partial charge in [0.15, 0.2) is 5.05 Å². The third kappa shape index (κ3) is 2.61. The van der Waals surface area contributed by atoms with Crippen LogP contribution in [0.1, 0.15) is 13.3 Å². The van der Waals surface area contributed by atoms with Crippen molar-refractivity contribution in [1.29, 1.82) is 0 Å². The maximum Gasteiger partial charge on any atom is 0.166 e. The molecule has 52 valence electrons. The van der Waals surface area contributed by atoms with E-state index in [1.165, 1.54) is 0 Å². The molecule has 0 N–H and O–H groups in total. The first-order valence-electron chi connectivity index (χ1n) is 2.96. The maximum atomic E-state index is 4.88. The van der Waals surface area contributed by atoms with Crippen LogP contribution in [0, 0.1) is 5.92 Å². The number of hydrogen-bond donors (Lipinski definition) is 0. The molecule has 0 aliphatic rings. The van der Waals surface area contributed by atoms with Gasteiger partial charge >= 0.3 is 0 Å². The van der Waals surface area contributed by atoms with Gasteiger partial charge in [0.25, 0.3) is 0 Å². The molecule has 0 saturated heterocycles. The summed E-state index contributed by atoms with van der Waals surface area (Å²) in [6.45, 7) is 5.69. The highest BCUT2D eigenvalue weighted by molar-refractivity contribution is 7.80. The van der Waals surface area contributed by atoms with E-state index in [2.05, 4.69) is 13.5 Å². The average Bonchev–Trinajstić information content (AvgIpc) is 1.90. The number of rotatable bonds is 3. The summed E-state index contributed by atoms with van der Waals surface area (Å²) in [4.78, 5) is 0. The van der Waals surface area contributed by atoms with Crippen LogP contribution in [0.2, 0.25) is 0 Å². The first-order chi connectivity index (χ1) is 4.26. The highest BCUT2D eigenvalue weighted by atomic mass is 32.1. The van der Waals surface area contributed by atoms with Crippen molar-refractivity contribution < 1.29 is 4.74 Å². The predicted molar refractivity (Wildman–Crippen MR) is 43.6 cm³/mol. The highest BCUT2D eigenvalue weighted by Crippen LogP contribution is 2.06. The molecule has 9 heavy (non-hydrogen) atoms. The van der Waals surface area contributed by atoms with E-state index < -0.39 is 0 Å². The quantitative estimate of drug-likeness (QED) is 0.443. The fourth-order valence-corrected chi connectivity index (χ4v) is 0.844. The summed E-state index contributed by atoms with van der Waals surface area (Å²) in [6, 6.07) is 0. The molecule has 0 saturated carbocycles. The molecule has 0 radical (unpaired) electrons. The van der Waals surface area contributed by atoms with Crippen LogP contribution in [0.4, 0.5) is 0 Å². The van der Waals surface area contributed by atoms with Crippen LogP contribution in [0.5, 0.6) is 0 Å². The summed E-state index contributed by atoms with van der Waals surface area (Å²) in [5.41, 5.74) is 0. The first kappa shape index (κ1) is 8.63. The van der Waals surface area contributed by atoms with Crippen molar-refractivity contribution in [3.63, 3.8) is 0 Å². The summed E-state index contributed by atoms with van der Waals surface area (Å²) >= 11 is 4.88. The molecule has 1 unspecified atom stereocenters. The molecule has 0 aromatic rings. The maximum absolute atomic E-state index is 4.88. The van der Waals surface area contributed by atoms with E-state index in [0.29, 0.717) is 5.05 Å². The van der Waals surface area contributed by atoms with E-state index in [-0.39, 0.29) is 5.92 Å². The highest BCUT2D eigenvalue weighted by Gasteiger charge is 2.06. The molecule has 1 nitrogen and oxygen atoms in total. The fraction of sp³-hybridized carbons (Fsp3) is 0.571. The minimum Gasteiger partial charge on any atom is -0.490 e. The van der Waals surface area contributed by atoms with Crippen molar-refractivity contribution in [3.05, 3.63) is 12.7 Å². The summed E-state index contributed by atoms with van der Waals surface area (Å²) in [6.07, 6.45) is 2.78. The molecular formula is C7H12OS. The smallest absolute Gasteiger partial charge is 0.166 e. The lowest BCUT2D eigenvalue weighted by atomic mass is 10.1. The van der Waals surface area contributed by atoms with Crippen LogP contribution in [0.15, 0.2) is 12.7 Å². The van der Waals surface area contributed by atoms with Crippen molar-refractivity contribution in [1.82, 2.24) is 0 Å². The van der Waals surface area contributed by atoms with Crippen molar-refractivity contribution in [2.75, 3.05) is 7.11 Å². The summed E-state index contributed by atoms with van der Waals surface area (Å²) in [7, 11) is 1.59. The lowest BCUT2D eigenvalue weighted by molar-refractivity contribution is 0.388. The molecule has 0 spiro atoms. The molecule has 0 aliphatic carbocycles. The fourth-order valence-electron chi connectivity index (χ4n) is 0.581. The second-order valence-electron chi connectivity index (χ2n) is 1.77. The Labute approximate surface area is 61.7 Å². The van der Waals surface area contributed by atoms with Gasteiger partial charge in [-0.3, -0.25) is 0 Å². The van der Waals surface area contributed by atoms with Gasteiger partial charge in [-0.2, -0.15) is 0 Å². The Hall–Kier alpha value is -0.370. The summed E-state index contributed by atoms with van der Waals surface area (Å²) in [5.74, 6) is 0.241. The Balaban J connectivity index is 3.78. The molecule has 0 rings (SSSR count). The van der Waals surface area contributed by atoms with Gasteiger partial charge in [0.05, 0.1) is 7.11 Å². The number of methoxy groups -OCH3 is 1. The van der Waals surface area contributed by atoms with Crippen LogP contribution >= 0.6 is 12.2 Å². The van der Waals surface area contributed by atoms with Crippen LogP contribution in [0.3, 0.4) is 0 Å². The standard InChI is InChI=1S/C7H12OS/c1-4-6(5-2)7(9)8-3/h4,6H,1,5H2,2-3H3. The number of thiocarbonyl (C=S) groups is 1. The Bertz CT molecular complexity index is 109. The molecule has 0 amide bonds. The number of ether oxygens (including phenoxy) is 1. The van der Waals surface area contributed by atoms with Gasteiger partial charge in [0.2, 0.25) is 0 Å². The van der Waals surface area contributed by atoms with Crippen LogP contribution < -0.4 is 0 Å². The zero-order chi connectivity index (χ0) is 7.28. The largest absolute Gasteiger partial charge is 0.490 e. The van der Waals surface area contributed by atoms with Crippen molar-refractivity contribution in [3.8, 4) is 0 Å². The van der Waals surface area contributed by atoms with E-state index in [0.717, 1.165) is 6.42 Å². The van der Waals surface area contributed by atoms with Crippen LogP contribution in [0.25, 0.3) is 0 Å². The Kier molecular flexibility index (Phi) is 4.32. The lowest BCUT2D eigenvalue weighted by Gasteiger charge is -2.08. The third-order valence-corrected chi connectivity index (χ3v) is 1.70. The number of hydrogen-bond acceptors (Lipinski definition) is 2. The third-order valence-electron chi connectivity index (χ3n) is 1.23. The van der Waals surface area contributed by atoms with Gasteiger partial charge in [0.1, 0.15) is 0 Å². The Morgan fingerprint density at radius 1 is 1.89 bits per heavy atom. The molecule has 0 aromatic heterocycles. The SMILES string of the molecule is C=CC(CC)C(=S)OC. The van der Waals surface area contributed by atoms with Crippen LogP contribution in [-0.2, 0) is 4.74 Å². The molecule has 1 atom stereocenters. The Morgan fingerprint density at radius 2 is 2.44 bits per heavy atom. The topological polar surface area (TPSA) is 9.23 Å². The second-order valence-corrected chi connectivity index (χ2v) is 2.18.